The van der Waals surface area contributed by atoms with Crippen LogP contribution >= 0.6 is 12.4 Å². The topological polar surface area (TPSA) is 81.4 Å². The van der Waals surface area contributed by atoms with E-state index in [1.165, 1.54) is 13.5 Å². The number of carbonyl (C=O) groups excluding carboxylic acids is 2. The zero-order chi connectivity index (χ0) is 15.6. The monoisotopic (exact) mass is 332 g/mol. The molecule has 0 aromatic carbocycles. The molecule has 2 fully saturated rings. The lowest BCUT2D eigenvalue weighted by atomic mass is 9.65. The predicted molar refractivity (Wildman–Crippen MR) is 87.6 cm³/mol. The van der Waals surface area contributed by atoms with E-state index in [0.717, 1.165) is 25.7 Å². The van der Waals surface area contributed by atoms with Gasteiger partial charge in [0.25, 0.3) is 0 Å². The van der Waals surface area contributed by atoms with E-state index in [1.54, 1.807) is 0 Å². The molecule has 2 aliphatic rings. The van der Waals surface area contributed by atoms with E-state index in [9.17, 15) is 9.59 Å². The summed E-state index contributed by atoms with van der Waals surface area (Å²) in [5.41, 5.74) is 6.26. The number of nitrogens with two attached hydrogens (primary N) is 1. The van der Waals surface area contributed by atoms with Gasteiger partial charge in [-0.2, -0.15) is 0 Å². The Balaban J connectivity index is 0.00000242. The zero-order valence-corrected chi connectivity index (χ0v) is 14.5. The Morgan fingerprint density at radius 1 is 1.18 bits per heavy atom. The maximum absolute atomic E-state index is 12.5. The molecule has 2 saturated carbocycles. The second-order valence-electron chi connectivity index (χ2n) is 6.95. The molecule has 2 aliphatic carbocycles. The number of hydrogen-bond donors (Lipinski definition) is 2. The van der Waals surface area contributed by atoms with Gasteiger partial charge in [0.15, 0.2) is 0 Å². The van der Waals surface area contributed by atoms with Crippen LogP contribution in [0.25, 0.3) is 0 Å². The molecule has 5 nitrogen and oxygen atoms in total. The number of hydrogen-bond acceptors (Lipinski definition) is 4. The van der Waals surface area contributed by atoms with Gasteiger partial charge >= 0.3 is 5.97 Å². The summed E-state index contributed by atoms with van der Waals surface area (Å²) in [4.78, 5) is 24.3. The van der Waals surface area contributed by atoms with Crippen molar-refractivity contribution in [2.24, 2.45) is 29.4 Å². The van der Waals surface area contributed by atoms with E-state index in [1.807, 2.05) is 13.8 Å². The fourth-order valence-electron chi connectivity index (χ4n) is 3.90. The van der Waals surface area contributed by atoms with E-state index >= 15 is 0 Å². The maximum atomic E-state index is 12.5. The molecule has 3 atom stereocenters. The molecular weight excluding hydrogens is 304 g/mol. The summed E-state index contributed by atoms with van der Waals surface area (Å²) in [6, 6.07) is -0.303. The van der Waals surface area contributed by atoms with Crippen molar-refractivity contribution in [1.82, 2.24) is 5.32 Å². The first-order valence-corrected chi connectivity index (χ1v) is 8.07. The van der Waals surface area contributed by atoms with Gasteiger partial charge in [-0.05, 0) is 43.4 Å². The molecule has 1 amide bonds. The van der Waals surface area contributed by atoms with Crippen molar-refractivity contribution in [1.29, 1.82) is 0 Å². The fraction of sp³-hybridized carbons (Fsp3) is 0.875. The Morgan fingerprint density at radius 2 is 1.73 bits per heavy atom. The Bertz CT molecular complexity index is 389. The predicted octanol–water partition coefficient (Wildman–Crippen LogP) is 1.88. The second kappa shape index (κ2) is 8.16. The number of nitrogens with one attached hydrogen (secondary N) is 1. The standard InChI is InChI=1S/C16H28N2O3.ClH/c1-9(2)14(16(20)21-3)18-15(19)12-7-10-5-4-6-11(8-12)13(10)17;/h9-14H,4-8,17H2,1-3H3,(H,18,19);1H. The van der Waals surface area contributed by atoms with Crippen molar-refractivity contribution in [3.8, 4) is 0 Å². The van der Waals surface area contributed by atoms with Crippen LogP contribution in [0.4, 0.5) is 0 Å². The van der Waals surface area contributed by atoms with Crippen LogP contribution < -0.4 is 11.1 Å². The van der Waals surface area contributed by atoms with E-state index in [4.69, 9.17) is 10.5 Å². The third kappa shape index (κ3) is 4.13. The summed E-state index contributed by atoms with van der Waals surface area (Å²) >= 11 is 0. The summed E-state index contributed by atoms with van der Waals surface area (Å²) in [5.74, 6) is 0.555. The molecular formula is C16H29ClN2O3. The zero-order valence-electron chi connectivity index (χ0n) is 13.7. The Kier molecular flexibility index (Phi) is 7.13. The summed E-state index contributed by atoms with van der Waals surface area (Å²) in [7, 11) is 1.36. The molecule has 128 valence electrons. The largest absolute Gasteiger partial charge is 0.467 e. The summed E-state index contributed by atoms with van der Waals surface area (Å²) < 4.78 is 4.78. The number of carbonyl (C=O) groups is 2. The van der Waals surface area contributed by atoms with Gasteiger partial charge < -0.3 is 15.8 Å². The molecule has 3 N–H and O–H groups in total. The van der Waals surface area contributed by atoms with Crippen LogP contribution in [0, 0.1) is 23.7 Å². The van der Waals surface area contributed by atoms with Gasteiger partial charge in [-0.1, -0.05) is 20.3 Å². The highest BCUT2D eigenvalue weighted by Crippen LogP contribution is 2.41. The summed E-state index contributed by atoms with van der Waals surface area (Å²) in [6.45, 7) is 3.82. The molecule has 3 unspecified atom stereocenters. The first-order chi connectivity index (χ1) is 9.93. The maximum Gasteiger partial charge on any atom is 0.328 e. The molecule has 6 heteroatoms. The van der Waals surface area contributed by atoms with Crippen LogP contribution in [-0.2, 0) is 14.3 Å². The average molecular weight is 333 g/mol. The van der Waals surface area contributed by atoms with Crippen LogP contribution in [0.5, 0.6) is 0 Å². The van der Waals surface area contributed by atoms with Crippen molar-refractivity contribution < 1.29 is 14.3 Å². The third-order valence-corrected chi connectivity index (χ3v) is 5.20. The normalized spacial score (nSPS) is 31.9. The molecule has 0 aliphatic heterocycles. The highest BCUT2D eigenvalue weighted by atomic mass is 35.5. The number of ether oxygens (including phenoxy) is 1. The van der Waals surface area contributed by atoms with Crippen molar-refractivity contribution >= 4 is 24.3 Å². The van der Waals surface area contributed by atoms with Crippen molar-refractivity contribution in [2.75, 3.05) is 7.11 Å². The lowest BCUT2D eigenvalue weighted by Gasteiger charge is -2.43. The van der Waals surface area contributed by atoms with E-state index < -0.39 is 6.04 Å². The van der Waals surface area contributed by atoms with Crippen LogP contribution in [0.2, 0.25) is 0 Å². The quantitative estimate of drug-likeness (QED) is 0.770. The molecule has 2 bridgehead atoms. The van der Waals surface area contributed by atoms with E-state index in [0.29, 0.717) is 11.8 Å². The number of halogens is 1. The number of rotatable bonds is 4. The van der Waals surface area contributed by atoms with Gasteiger partial charge in [-0.3, -0.25) is 4.79 Å². The number of esters is 1. The van der Waals surface area contributed by atoms with E-state index in [-0.39, 0.29) is 42.2 Å². The molecule has 2 rings (SSSR count). The Labute approximate surface area is 139 Å². The van der Waals surface area contributed by atoms with Crippen LogP contribution in [-0.4, -0.2) is 31.1 Å². The molecule has 22 heavy (non-hydrogen) atoms. The SMILES string of the molecule is COC(=O)C(NC(=O)C1CC2CCCC(C1)C2N)C(C)C.Cl. The second-order valence-corrected chi connectivity index (χ2v) is 6.95. The van der Waals surface area contributed by atoms with Gasteiger partial charge in [0.05, 0.1) is 7.11 Å². The van der Waals surface area contributed by atoms with Crippen molar-refractivity contribution in [2.45, 2.75) is 58.0 Å². The van der Waals surface area contributed by atoms with Gasteiger partial charge in [0.1, 0.15) is 6.04 Å². The van der Waals surface area contributed by atoms with Crippen molar-refractivity contribution in [3.05, 3.63) is 0 Å². The molecule has 0 aromatic heterocycles. The van der Waals surface area contributed by atoms with Gasteiger partial charge in [-0.15, -0.1) is 12.4 Å². The summed E-state index contributed by atoms with van der Waals surface area (Å²) in [6.07, 6.45) is 5.21. The minimum absolute atomic E-state index is 0. The highest BCUT2D eigenvalue weighted by Gasteiger charge is 2.41. The number of amides is 1. The first-order valence-electron chi connectivity index (χ1n) is 8.07. The van der Waals surface area contributed by atoms with Gasteiger partial charge in [0.2, 0.25) is 5.91 Å². The van der Waals surface area contributed by atoms with Crippen molar-refractivity contribution in [3.63, 3.8) is 0 Å². The average Bonchev–Trinajstić information content (AvgIpc) is 2.43. The molecule has 0 heterocycles. The highest BCUT2D eigenvalue weighted by molar-refractivity contribution is 5.86. The lowest BCUT2D eigenvalue weighted by molar-refractivity contribution is -0.147. The smallest absolute Gasteiger partial charge is 0.328 e. The lowest BCUT2D eigenvalue weighted by Crippen LogP contribution is -2.52. The molecule has 0 saturated heterocycles. The van der Waals surface area contributed by atoms with Crippen LogP contribution in [0.3, 0.4) is 0 Å². The number of fused-ring (bicyclic) bond motifs is 2. The Morgan fingerprint density at radius 3 is 2.18 bits per heavy atom. The summed E-state index contributed by atoms with van der Waals surface area (Å²) in [5, 5.41) is 2.89. The minimum atomic E-state index is -0.557. The Hall–Kier alpha value is -0.810. The minimum Gasteiger partial charge on any atom is -0.467 e. The van der Waals surface area contributed by atoms with Crippen LogP contribution in [0.1, 0.15) is 46.0 Å². The molecule has 0 spiro atoms. The third-order valence-electron chi connectivity index (χ3n) is 5.20. The number of methoxy groups -OCH3 is 1. The first kappa shape index (κ1) is 19.2. The van der Waals surface area contributed by atoms with E-state index in [2.05, 4.69) is 5.32 Å². The van der Waals surface area contributed by atoms with Gasteiger partial charge in [-0.25, -0.2) is 4.79 Å². The molecule has 0 radical (unpaired) electrons. The molecule has 0 aromatic rings. The fourth-order valence-corrected chi connectivity index (χ4v) is 3.90. The van der Waals surface area contributed by atoms with Crippen LogP contribution in [0.15, 0.2) is 0 Å². The van der Waals surface area contributed by atoms with Gasteiger partial charge in [0, 0.05) is 12.0 Å².